The van der Waals surface area contributed by atoms with E-state index >= 15 is 0 Å². The number of rotatable bonds is 8. The predicted octanol–water partition coefficient (Wildman–Crippen LogP) is 5.01. The molecule has 0 aliphatic carbocycles. The Morgan fingerprint density at radius 1 is 1.06 bits per heavy atom. The van der Waals surface area contributed by atoms with Crippen molar-refractivity contribution in [2.45, 2.75) is 19.3 Å². The van der Waals surface area contributed by atoms with E-state index in [0.717, 1.165) is 30.7 Å². The average molecular weight is 517 g/mol. The molecule has 1 aliphatic heterocycles. The third kappa shape index (κ3) is 5.88. The second kappa shape index (κ2) is 10.6. The van der Waals surface area contributed by atoms with Gasteiger partial charge in [-0.2, -0.15) is 4.98 Å². The van der Waals surface area contributed by atoms with Crippen LogP contribution in [0.1, 0.15) is 19.3 Å². The molecule has 1 saturated heterocycles. The highest BCUT2D eigenvalue weighted by Crippen LogP contribution is 2.34. The van der Waals surface area contributed by atoms with Crippen LogP contribution in [0, 0.1) is 0 Å². The fourth-order valence-electron chi connectivity index (χ4n) is 3.93. The minimum atomic E-state index is -3.45. The quantitative estimate of drug-likeness (QED) is 0.431. The number of methoxy groups -OCH3 is 1. The number of sulfonamides is 1. The van der Waals surface area contributed by atoms with Gasteiger partial charge in [-0.05, 0) is 43.5 Å². The number of benzene rings is 2. The molecular formula is C24H29ClN6O3S. The van der Waals surface area contributed by atoms with E-state index in [9.17, 15) is 8.42 Å². The zero-order valence-corrected chi connectivity index (χ0v) is 21.5. The lowest BCUT2D eigenvalue weighted by molar-refractivity contribution is 0.416. The lowest BCUT2D eigenvalue weighted by Crippen LogP contribution is -2.29. The van der Waals surface area contributed by atoms with Gasteiger partial charge in [-0.1, -0.05) is 23.7 Å². The van der Waals surface area contributed by atoms with Gasteiger partial charge in [0.05, 0.1) is 36.6 Å². The predicted molar refractivity (Wildman–Crippen MR) is 142 cm³/mol. The Kier molecular flexibility index (Phi) is 7.51. The van der Waals surface area contributed by atoms with Crippen LogP contribution in [0.25, 0.3) is 0 Å². The second-order valence-electron chi connectivity index (χ2n) is 8.32. The van der Waals surface area contributed by atoms with E-state index in [1.807, 2.05) is 12.1 Å². The molecule has 0 saturated carbocycles. The van der Waals surface area contributed by atoms with Gasteiger partial charge in [-0.25, -0.2) is 13.4 Å². The molecule has 1 aromatic heterocycles. The van der Waals surface area contributed by atoms with Crippen molar-refractivity contribution in [3.8, 4) is 5.75 Å². The number of hydrogen-bond acceptors (Lipinski definition) is 8. The number of anilines is 6. The summed E-state index contributed by atoms with van der Waals surface area (Å²) in [6.07, 6.45) is 6.29. The van der Waals surface area contributed by atoms with E-state index in [2.05, 4.69) is 31.6 Å². The third-order valence-electron chi connectivity index (χ3n) is 5.89. The fourth-order valence-corrected chi connectivity index (χ4v) is 4.58. The second-order valence-corrected chi connectivity index (χ2v) is 10.7. The van der Waals surface area contributed by atoms with Gasteiger partial charge in [0.25, 0.3) is 0 Å². The van der Waals surface area contributed by atoms with E-state index in [1.165, 1.54) is 36.8 Å². The van der Waals surface area contributed by atoms with Crippen molar-refractivity contribution in [2.24, 2.45) is 0 Å². The normalized spacial score (nSPS) is 13.9. The maximum atomic E-state index is 12.1. The number of aromatic nitrogens is 2. The topological polar surface area (TPSA) is 99.7 Å². The van der Waals surface area contributed by atoms with E-state index < -0.39 is 10.0 Å². The number of ether oxygens (including phenoxy) is 1. The first-order valence-electron chi connectivity index (χ1n) is 11.3. The third-order valence-corrected chi connectivity index (χ3v) is 7.36. The highest BCUT2D eigenvalue weighted by molar-refractivity contribution is 7.92. The van der Waals surface area contributed by atoms with E-state index in [1.54, 1.807) is 31.4 Å². The minimum absolute atomic E-state index is 0.291. The van der Waals surface area contributed by atoms with Gasteiger partial charge in [0.1, 0.15) is 10.8 Å². The van der Waals surface area contributed by atoms with Crippen LogP contribution in [0.3, 0.4) is 0 Å². The molecule has 0 atom stereocenters. The Morgan fingerprint density at radius 2 is 1.80 bits per heavy atom. The van der Waals surface area contributed by atoms with E-state index in [0.29, 0.717) is 33.9 Å². The highest BCUT2D eigenvalue weighted by Gasteiger charge is 2.18. The first-order chi connectivity index (χ1) is 16.8. The van der Waals surface area contributed by atoms with E-state index in [-0.39, 0.29) is 0 Å². The van der Waals surface area contributed by atoms with Gasteiger partial charge in [-0.15, -0.1) is 0 Å². The zero-order valence-electron chi connectivity index (χ0n) is 20.0. The monoisotopic (exact) mass is 516 g/mol. The number of hydrogen-bond donors (Lipinski definition) is 2. The first-order valence-corrected chi connectivity index (χ1v) is 13.5. The van der Waals surface area contributed by atoms with Gasteiger partial charge >= 0.3 is 0 Å². The van der Waals surface area contributed by atoms with Crippen molar-refractivity contribution in [3.05, 3.63) is 53.7 Å². The van der Waals surface area contributed by atoms with Crippen molar-refractivity contribution >= 4 is 56.1 Å². The number of piperidine rings is 1. The molecule has 0 radical (unpaired) electrons. The molecule has 35 heavy (non-hydrogen) atoms. The lowest BCUT2D eigenvalue weighted by Gasteiger charge is -2.29. The molecule has 4 rings (SSSR count). The summed E-state index contributed by atoms with van der Waals surface area (Å²) in [7, 11) is -0.331. The summed E-state index contributed by atoms with van der Waals surface area (Å²) in [5, 5.41) is 6.62. The number of para-hydroxylation sites is 2. The molecule has 9 nitrogen and oxygen atoms in total. The standard InChI is InChI=1S/C24H29ClN6O3S/c1-30(35(3,32)33)21-10-6-5-9-19(21)27-23-18(25)16-26-24(29-23)28-20-12-11-17(15-22(20)34-2)31-13-7-4-8-14-31/h5-6,9-12,15-16H,4,7-8,13-14H2,1-3H3,(H2,26,27,28,29). The molecule has 0 bridgehead atoms. The van der Waals surface area contributed by atoms with Crippen molar-refractivity contribution in [3.63, 3.8) is 0 Å². The van der Waals surface area contributed by atoms with Crippen LogP contribution in [0.4, 0.5) is 34.5 Å². The summed E-state index contributed by atoms with van der Waals surface area (Å²) < 4.78 is 31.0. The van der Waals surface area contributed by atoms with Crippen LogP contribution in [0.15, 0.2) is 48.7 Å². The smallest absolute Gasteiger partial charge is 0.232 e. The molecule has 2 N–H and O–H groups in total. The molecule has 3 aromatic rings. The summed E-state index contributed by atoms with van der Waals surface area (Å²) in [5.41, 5.74) is 2.85. The SMILES string of the molecule is COc1cc(N2CCCCC2)ccc1Nc1ncc(Cl)c(Nc2ccccc2N(C)S(C)(=O)=O)n1. The molecule has 2 heterocycles. The van der Waals surface area contributed by atoms with Crippen molar-refractivity contribution in [2.75, 3.05) is 53.3 Å². The molecule has 1 aliphatic rings. The van der Waals surface area contributed by atoms with Crippen molar-refractivity contribution in [1.82, 2.24) is 9.97 Å². The van der Waals surface area contributed by atoms with Crippen LogP contribution < -0.4 is 24.6 Å². The fraction of sp³-hybridized carbons (Fsp3) is 0.333. The van der Waals surface area contributed by atoms with Crippen LogP contribution in [-0.2, 0) is 10.0 Å². The summed E-state index contributed by atoms with van der Waals surface area (Å²) >= 11 is 6.36. The largest absolute Gasteiger partial charge is 0.494 e. The van der Waals surface area contributed by atoms with Crippen molar-refractivity contribution in [1.29, 1.82) is 0 Å². The number of nitrogens with zero attached hydrogens (tertiary/aromatic N) is 4. The molecular weight excluding hydrogens is 488 g/mol. The maximum absolute atomic E-state index is 12.1. The summed E-state index contributed by atoms with van der Waals surface area (Å²) in [4.78, 5) is 11.2. The van der Waals surface area contributed by atoms with Gasteiger partial charge in [0, 0.05) is 31.9 Å². The first kappa shape index (κ1) is 24.9. The Hall–Kier alpha value is -3.24. The van der Waals surface area contributed by atoms with Crippen LogP contribution in [0.5, 0.6) is 5.75 Å². The molecule has 1 fully saturated rings. The Balaban J connectivity index is 1.58. The Morgan fingerprint density at radius 3 is 2.51 bits per heavy atom. The van der Waals surface area contributed by atoms with Gasteiger partial charge < -0.3 is 20.3 Å². The van der Waals surface area contributed by atoms with Gasteiger partial charge in [0.15, 0.2) is 5.82 Å². The number of halogens is 1. The van der Waals surface area contributed by atoms with Crippen LogP contribution in [-0.4, -0.2) is 51.9 Å². The molecule has 0 amide bonds. The molecule has 0 spiro atoms. The maximum Gasteiger partial charge on any atom is 0.232 e. The molecule has 11 heteroatoms. The number of nitrogens with one attached hydrogen (secondary N) is 2. The molecule has 186 valence electrons. The summed E-state index contributed by atoms with van der Waals surface area (Å²) in [6.45, 7) is 2.09. The Bertz CT molecular complexity index is 1300. The Labute approximate surface area is 211 Å². The highest BCUT2D eigenvalue weighted by atomic mass is 35.5. The summed E-state index contributed by atoms with van der Waals surface area (Å²) in [6, 6.07) is 13.0. The van der Waals surface area contributed by atoms with Crippen LogP contribution >= 0.6 is 11.6 Å². The zero-order chi connectivity index (χ0) is 25.0. The van der Waals surface area contributed by atoms with E-state index in [4.69, 9.17) is 16.3 Å². The van der Waals surface area contributed by atoms with Gasteiger partial charge in [0.2, 0.25) is 16.0 Å². The molecule has 0 unspecified atom stereocenters. The summed E-state index contributed by atoms with van der Waals surface area (Å²) in [5.74, 6) is 1.33. The average Bonchev–Trinajstić information content (AvgIpc) is 2.86. The molecule has 2 aromatic carbocycles. The minimum Gasteiger partial charge on any atom is -0.494 e. The van der Waals surface area contributed by atoms with Crippen LogP contribution in [0.2, 0.25) is 5.02 Å². The lowest BCUT2D eigenvalue weighted by atomic mass is 10.1. The van der Waals surface area contributed by atoms with Crippen molar-refractivity contribution < 1.29 is 13.2 Å². The van der Waals surface area contributed by atoms with Gasteiger partial charge in [-0.3, -0.25) is 4.31 Å².